The number of anilines is 1. The molecule has 0 saturated carbocycles. The molecule has 1 aliphatic rings. The molecular formula is C24H19N3O4. The number of carbonyl (C=O) groups is 1. The largest absolute Gasteiger partial charge is 0.489 e. The topological polar surface area (TPSA) is 77.7 Å². The lowest BCUT2D eigenvalue weighted by Gasteiger charge is -2.27. The number of para-hydroxylation sites is 2. The van der Waals surface area contributed by atoms with Crippen LogP contribution in [0.2, 0.25) is 0 Å². The first-order valence-corrected chi connectivity index (χ1v) is 9.88. The number of aromatic nitrogens is 2. The Bertz CT molecular complexity index is 1190. The zero-order valence-corrected chi connectivity index (χ0v) is 16.6. The minimum absolute atomic E-state index is 0.0115. The van der Waals surface area contributed by atoms with Gasteiger partial charge in [-0.2, -0.15) is 4.98 Å². The fourth-order valence-electron chi connectivity index (χ4n) is 3.34. The van der Waals surface area contributed by atoms with Gasteiger partial charge in [0.1, 0.15) is 24.7 Å². The van der Waals surface area contributed by atoms with Crippen molar-refractivity contribution >= 4 is 11.6 Å². The van der Waals surface area contributed by atoms with Crippen LogP contribution < -0.4 is 14.4 Å². The van der Waals surface area contributed by atoms with E-state index in [1.54, 1.807) is 4.90 Å². The molecule has 0 unspecified atom stereocenters. The molecule has 0 radical (unpaired) electrons. The Morgan fingerprint density at radius 3 is 2.55 bits per heavy atom. The highest BCUT2D eigenvalue weighted by Gasteiger charge is 2.27. The molecule has 2 heterocycles. The third kappa shape index (κ3) is 4.11. The van der Waals surface area contributed by atoms with Gasteiger partial charge in [0.25, 0.3) is 5.91 Å². The second-order valence-corrected chi connectivity index (χ2v) is 7.05. The Kier molecular flexibility index (Phi) is 5.06. The molecule has 1 aliphatic heterocycles. The fourth-order valence-corrected chi connectivity index (χ4v) is 3.34. The first-order valence-electron chi connectivity index (χ1n) is 9.88. The summed E-state index contributed by atoms with van der Waals surface area (Å²) in [4.78, 5) is 18.4. The van der Waals surface area contributed by atoms with Crippen LogP contribution in [0.5, 0.6) is 11.5 Å². The third-order valence-electron chi connectivity index (χ3n) is 4.93. The molecule has 0 atom stereocenters. The van der Waals surface area contributed by atoms with Crippen LogP contribution in [0.25, 0.3) is 11.4 Å². The molecule has 0 N–H and O–H groups in total. The summed E-state index contributed by atoms with van der Waals surface area (Å²) in [5, 5.41) is 4.06. The Morgan fingerprint density at radius 2 is 1.71 bits per heavy atom. The first-order chi connectivity index (χ1) is 15.3. The lowest BCUT2D eigenvalue weighted by Crippen LogP contribution is -2.38. The summed E-state index contributed by atoms with van der Waals surface area (Å²) >= 11 is 0. The molecular weight excluding hydrogens is 394 g/mol. The predicted molar refractivity (Wildman–Crippen MR) is 114 cm³/mol. The molecule has 31 heavy (non-hydrogen) atoms. The van der Waals surface area contributed by atoms with Gasteiger partial charge in [-0.25, -0.2) is 0 Å². The van der Waals surface area contributed by atoms with E-state index in [1.165, 1.54) is 0 Å². The average molecular weight is 413 g/mol. The summed E-state index contributed by atoms with van der Waals surface area (Å²) in [6.45, 7) is 0.675. The van der Waals surface area contributed by atoms with Gasteiger partial charge in [-0.3, -0.25) is 9.69 Å². The number of hydrogen-bond donors (Lipinski definition) is 0. The second kappa shape index (κ2) is 8.31. The van der Waals surface area contributed by atoms with Crippen LogP contribution in [0.15, 0.2) is 83.4 Å². The molecule has 3 aromatic carbocycles. The quantitative estimate of drug-likeness (QED) is 0.471. The molecule has 0 spiro atoms. The summed E-state index contributed by atoms with van der Waals surface area (Å²) in [5.41, 5.74) is 2.60. The fraction of sp³-hybridized carbons (Fsp3) is 0.125. The van der Waals surface area contributed by atoms with Gasteiger partial charge in [-0.1, -0.05) is 47.6 Å². The minimum atomic E-state index is -0.154. The standard InChI is InChI=1S/C24H19N3O4/c28-23-16-30-21-9-5-4-8-20(21)27(23)14-22-25-24(26-31-22)18-10-12-19(13-11-18)29-15-17-6-2-1-3-7-17/h1-13H,14-16H2. The van der Waals surface area contributed by atoms with E-state index in [1.807, 2.05) is 78.9 Å². The van der Waals surface area contributed by atoms with Crippen molar-refractivity contribution < 1.29 is 18.8 Å². The van der Waals surface area contributed by atoms with Crippen molar-refractivity contribution in [3.63, 3.8) is 0 Å². The molecule has 0 fully saturated rings. The highest BCUT2D eigenvalue weighted by Crippen LogP contribution is 2.32. The first kappa shape index (κ1) is 18.9. The molecule has 154 valence electrons. The van der Waals surface area contributed by atoms with Crippen molar-refractivity contribution in [1.82, 2.24) is 10.1 Å². The minimum Gasteiger partial charge on any atom is -0.489 e. The van der Waals surface area contributed by atoms with Gasteiger partial charge in [-0.15, -0.1) is 0 Å². The van der Waals surface area contributed by atoms with Gasteiger partial charge in [0.05, 0.1) is 5.69 Å². The number of benzene rings is 3. The van der Waals surface area contributed by atoms with Crippen LogP contribution >= 0.6 is 0 Å². The summed E-state index contributed by atoms with van der Waals surface area (Å²) in [6.07, 6.45) is 0. The van der Waals surface area contributed by atoms with Gasteiger partial charge in [0, 0.05) is 5.56 Å². The number of fused-ring (bicyclic) bond motifs is 1. The number of ether oxygens (including phenoxy) is 2. The van der Waals surface area contributed by atoms with Crippen LogP contribution in [0.4, 0.5) is 5.69 Å². The molecule has 0 aliphatic carbocycles. The van der Waals surface area contributed by atoms with Crippen molar-refractivity contribution in [1.29, 1.82) is 0 Å². The summed E-state index contributed by atoms with van der Waals surface area (Å²) < 4.78 is 16.7. The van der Waals surface area contributed by atoms with Crippen molar-refractivity contribution in [3.05, 3.63) is 90.3 Å². The van der Waals surface area contributed by atoms with E-state index < -0.39 is 0 Å². The van der Waals surface area contributed by atoms with Crippen molar-refractivity contribution in [2.75, 3.05) is 11.5 Å². The highest BCUT2D eigenvalue weighted by atomic mass is 16.5. The van der Waals surface area contributed by atoms with Gasteiger partial charge >= 0.3 is 0 Å². The molecule has 4 aromatic rings. The molecule has 0 bridgehead atoms. The Labute approximate surface area is 178 Å². The van der Waals surface area contributed by atoms with Crippen molar-refractivity contribution in [2.24, 2.45) is 0 Å². The summed E-state index contributed by atoms with van der Waals surface area (Å²) in [7, 11) is 0. The van der Waals surface area contributed by atoms with E-state index in [0.717, 1.165) is 16.9 Å². The zero-order chi connectivity index (χ0) is 21.0. The highest BCUT2D eigenvalue weighted by molar-refractivity contribution is 5.97. The maximum atomic E-state index is 12.3. The average Bonchev–Trinajstić information content (AvgIpc) is 3.29. The van der Waals surface area contributed by atoms with E-state index in [0.29, 0.717) is 29.8 Å². The van der Waals surface area contributed by atoms with Gasteiger partial charge in [-0.05, 0) is 42.0 Å². The Balaban J connectivity index is 1.27. The second-order valence-electron chi connectivity index (χ2n) is 7.05. The van der Waals surface area contributed by atoms with Gasteiger partial charge in [0.15, 0.2) is 6.61 Å². The Hall–Kier alpha value is -4.13. The third-order valence-corrected chi connectivity index (χ3v) is 4.93. The van der Waals surface area contributed by atoms with Crippen LogP contribution in [0, 0.1) is 0 Å². The van der Waals surface area contributed by atoms with Crippen LogP contribution in [0.3, 0.4) is 0 Å². The number of carbonyl (C=O) groups excluding carboxylic acids is 1. The summed E-state index contributed by atoms with van der Waals surface area (Å²) in [5.74, 6) is 2.07. The van der Waals surface area contributed by atoms with E-state index in [-0.39, 0.29) is 19.1 Å². The van der Waals surface area contributed by atoms with Crippen LogP contribution in [-0.2, 0) is 17.9 Å². The predicted octanol–water partition coefficient (Wildman–Crippen LogP) is 4.24. The lowest BCUT2D eigenvalue weighted by molar-refractivity contribution is -0.121. The SMILES string of the molecule is O=C1COc2ccccc2N1Cc1nc(-c2ccc(OCc3ccccc3)cc2)no1. The number of amides is 1. The maximum absolute atomic E-state index is 12.3. The number of nitrogens with zero attached hydrogens (tertiary/aromatic N) is 3. The molecule has 5 rings (SSSR count). The molecule has 1 aromatic heterocycles. The molecule has 1 amide bonds. The van der Waals surface area contributed by atoms with E-state index in [9.17, 15) is 4.79 Å². The molecule has 0 saturated heterocycles. The van der Waals surface area contributed by atoms with E-state index in [4.69, 9.17) is 14.0 Å². The van der Waals surface area contributed by atoms with Crippen LogP contribution in [0.1, 0.15) is 11.5 Å². The van der Waals surface area contributed by atoms with E-state index >= 15 is 0 Å². The number of hydrogen-bond acceptors (Lipinski definition) is 6. The number of rotatable bonds is 6. The maximum Gasteiger partial charge on any atom is 0.265 e. The smallest absolute Gasteiger partial charge is 0.265 e. The van der Waals surface area contributed by atoms with Crippen molar-refractivity contribution in [2.45, 2.75) is 13.2 Å². The lowest BCUT2D eigenvalue weighted by atomic mass is 10.2. The normalized spacial score (nSPS) is 12.9. The zero-order valence-electron chi connectivity index (χ0n) is 16.6. The van der Waals surface area contributed by atoms with E-state index in [2.05, 4.69) is 10.1 Å². The van der Waals surface area contributed by atoms with Gasteiger partial charge in [0.2, 0.25) is 11.7 Å². The monoisotopic (exact) mass is 413 g/mol. The summed E-state index contributed by atoms with van der Waals surface area (Å²) in [6, 6.07) is 24.9. The van der Waals surface area contributed by atoms with Crippen molar-refractivity contribution in [3.8, 4) is 22.9 Å². The van der Waals surface area contributed by atoms with Gasteiger partial charge < -0.3 is 14.0 Å². The van der Waals surface area contributed by atoms with Crippen LogP contribution in [-0.4, -0.2) is 22.7 Å². The Morgan fingerprint density at radius 1 is 0.935 bits per heavy atom. The molecule has 7 nitrogen and oxygen atoms in total. The molecule has 7 heteroatoms.